The first-order valence-electron chi connectivity index (χ1n) is 10.7. The highest BCUT2D eigenvalue weighted by atomic mass is 16.6. The third-order valence-corrected chi connectivity index (χ3v) is 5.33. The fourth-order valence-corrected chi connectivity index (χ4v) is 3.71. The number of pyridine rings is 2. The molecule has 2 aromatic rings. The van der Waals surface area contributed by atoms with Crippen LogP contribution in [0.2, 0.25) is 0 Å². The molecule has 31 heavy (non-hydrogen) atoms. The van der Waals surface area contributed by atoms with E-state index in [1.54, 1.807) is 6.92 Å². The smallest absolute Gasteiger partial charge is 0.160 e. The van der Waals surface area contributed by atoms with Crippen LogP contribution in [0.25, 0.3) is 0 Å². The van der Waals surface area contributed by atoms with Crippen molar-refractivity contribution in [1.29, 1.82) is 0 Å². The number of Topliss-reactive ketones (excluding diaryl/α,β-unsaturated/α-hetero) is 1. The van der Waals surface area contributed by atoms with E-state index in [9.17, 15) is 4.79 Å². The Bertz CT molecular complexity index is 998. The summed E-state index contributed by atoms with van der Waals surface area (Å²) in [5.41, 5.74) is 6.81. The van der Waals surface area contributed by atoms with Crippen LogP contribution in [0.3, 0.4) is 0 Å². The van der Waals surface area contributed by atoms with E-state index in [0.717, 1.165) is 72.4 Å². The zero-order valence-electron chi connectivity index (χ0n) is 18.8. The Morgan fingerprint density at radius 1 is 1.03 bits per heavy atom. The van der Waals surface area contributed by atoms with Crippen LogP contribution in [-0.4, -0.2) is 40.9 Å². The molecule has 0 spiro atoms. The van der Waals surface area contributed by atoms with Crippen LogP contribution in [0.1, 0.15) is 78.7 Å². The minimum Gasteiger partial charge on any atom is -0.399 e. The van der Waals surface area contributed by atoms with E-state index >= 15 is 0 Å². The van der Waals surface area contributed by atoms with E-state index in [1.807, 2.05) is 38.1 Å². The lowest BCUT2D eigenvalue weighted by Gasteiger charge is -2.18. The fraction of sp³-hybridized carbons (Fsp3) is 0.458. The highest BCUT2D eigenvalue weighted by Crippen LogP contribution is 2.24. The van der Waals surface area contributed by atoms with Crippen molar-refractivity contribution in [1.82, 2.24) is 9.97 Å². The second-order valence-electron chi connectivity index (χ2n) is 7.73. The summed E-state index contributed by atoms with van der Waals surface area (Å²) in [6, 6.07) is 7.71. The number of carbonyl (C=O) groups is 1. The van der Waals surface area contributed by atoms with Gasteiger partial charge >= 0.3 is 0 Å². The van der Waals surface area contributed by atoms with Crippen LogP contribution >= 0.6 is 0 Å². The van der Waals surface area contributed by atoms with Crippen molar-refractivity contribution in [2.24, 2.45) is 10.3 Å². The van der Waals surface area contributed by atoms with E-state index in [4.69, 9.17) is 14.7 Å². The standard InChI is InChI=1S/C24H30N4O3/c1-16(27-30-4)22-13-7-9-19(25-22)10-8-14-31-28-17(2)24-15-21(18(3)29)20-11-5-6-12-23(20)26-24/h7,9,13,15H,5-6,8,10-12,14H2,1-4H3/b27-16+,28-17+. The number of hydrogen-bond donors (Lipinski definition) is 0. The maximum absolute atomic E-state index is 12.1. The molecule has 3 rings (SSSR count). The molecule has 0 bridgehead atoms. The van der Waals surface area contributed by atoms with Crippen LogP contribution < -0.4 is 0 Å². The van der Waals surface area contributed by atoms with Gasteiger partial charge in [0.05, 0.1) is 11.4 Å². The predicted molar refractivity (Wildman–Crippen MR) is 121 cm³/mol. The largest absolute Gasteiger partial charge is 0.399 e. The summed E-state index contributed by atoms with van der Waals surface area (Å²) in [4.78, 5) is 31.8. The Balaban J connectivity index is 1.58. The molecule has 0 aromatic carbocycles. The maximum Gasteiger partial charge on any atom is 0.160 e. The number of fused-ring (bicyclic) bond motifs is 1. The summed E-state index contributed by atoms with van der Waals surface area (Å²) in [5, 5.41) is 8.15. The van der Waals surface area contributed by atoms with Crippen molar-refractivity contribution >= 4 is 17.2 Å². The summed E-state index contributed by atoms with van der Waals surface area (Å²) in [6.07, 6.45) is 5.62. The van der Waals surface area contributed by atoms with E-state index < -0.39 is 0 Å². The van der Waals surface area contributed by atoms with Crippen molar-refractivity contribution < 1.29 is 14.5 Å². The minimum atomic E-state index is 0.0797. The molecule has 164 valence electrons. The first kappa shape index (κ1) is 22.6. The summed E-state index contributed by atoms with van der Waals surface area (Å²) >= 11 is 0. The van der Waals surface area contributed by atoms with Gasteiger partial charge in [0.1, 0.15) is 25.1 Å². The number of hydrogen-bond acceptors (Lipinski definition) is 7. The highest BCUT2D eigenvalue weighted by Gasteiger charge is 2.19. The number of oxime groups is 2. The lowest BCUT2D eigenvalue weighted by atomic mass is 9.90. The van der Waals surface area contributed by atoms with Gasteiger partial charge in [-0.05, 0) is 83.1 Å². The first-order valence-corrected chi connectivity index (χ1v) is 10.7. The summed E-state index contributed by atoms with van der Waals surface area (Å²) in [5.74, 6) is 0.0797. The number of ketones is 1. The summed E-state index contributed by atoms with van der Waals surface area (Å²) in [7, 11) is 1.52. The Morgan fingerprint density at radius 3 is 2.58 bits per heavy atom. The van der Waals surface area contributed by atoms with Crippen molar-refractivity contribution in [2.45, 2.75) is 59.3 Å². The molecular weight excluding hydrogens is 392 g/mol. The molecule has 7 nitrogen and oxygen atoms in total. The van der Waals surface area contributed by atoms with Gasteiger partial charge in [-0.3, -0.25) is 14.8 Å². The van der Waals surface area contributed by atoms with Crippen LogP contribution in [0.15, 0.2) is 34.6 Å². The highest BCUT2D eigenvalue weighted by molar-refractivity contribution is 6.01. The van der Waals surface area contributed by atoms with Crippen molar-refractivity contribution in [3.8, 4) is 0 Å². The van der Waals surface area contributed by atoms with Gasteiger partial charge in [-0.15, -0.1) is 0 Å². The molecular formula is C24H30N4O3. The van der Waals surface area contributed by atoms with Crippen LogP contribution in [0, 0.1) is 0 Å². The predicted octanol–water partition coefficient (Wildman–Crippen LogP) is 4.30. The fourth-order valence-electron chi connectivity index (χ4n) is 3.71. The zero-order chi connectivity index (χ0) is 22.2. The third-order valence-electron chi connectivity index (χ3n) is 5.33. The second-order valence-corrected chi connectivity index (χ2v) is 7.73. The molecule has 0 N–H and O–H groups in total. The van der Waals surface area contributed by atoms with E-state index in [0.29, 0.717) is 18.0 Å². The third kappa shape index (κ3) is 5.96. The SMILES string of the molecule is CO/N=C(\C)c1cccc(CCCO/N=C(\C)c2cc(C(C)=O)c3c(n2)CCCC3)n1. The molecule has 7 heteroatoms. The molecule has 1 aliphatic rings. The Morgan fingerprint density at radius 2 is 1.81 bits per heavy atom. The summed E-state index contributed by atoms with van der Waals surface area (Å²) in [6.45, 7) is 5.81. The monoisotopic (exact) mass is 422 g/mol. The summed E-state index contributed by atoms with van der Waals surface area (Å²) < 4.78 is 0. The number of carbonyl (C=O) groups excluding carboxylic acids is 1. The van der Waals surface area contributed by atoms with E-state index in [-0.39, 0.29) is 5.78 Å². The molecule has 2 aromatic heterocycles. The van der Waals surface area contributed by atoms with Gasteiger partial charge in [-0.1, -0.05) is 16.4 Å². The molecule has 0 radical (unpaired) electrons. The van der Waals surface area contributed by atoms with E-state index in [1.165, 1.54) is 7.11 Å². The first-order chi connectivity index (χ1) is 15.0. The van der Waals surface area contributed by atoms with E-state index in [2.05, 4.69) is 15.3 Å². The van der Waals surface area contributed by atoms with Crippen molar-refractivity contribution in [3.05, 3.63) is 58.2 Å². The van der Waals surface area contributed by atoms with Crippen LogP contribution in [-0.2, 0) is 28.9 Å². The number of aromatic nitrogens is 2. The Labute approximate surface area is 183 Å². The van der Waals surface area contributed by atoms with Crippen LogP contribution in [0.4, 0.5) is 0 Å². The average molecular weight is 423 g/mol. The normalized spacial score (nSPS) is 14.2. The van der Waals surface area contributed by atoms with Gasteiger partial charge in [0, 0.05) is 17.0 Å². The van der Waals surface area contributed by atoms with Gasteiger partial charge in [-0.2, -0.15) is 0 Å². The zero-order valence-corrected chi connectivity index (χ0v) is 18.8. The number of aryl methyl sites for hydroxylation is 2. The van der Waals surface area contributed by atoms with Crippen molar-refractivity contribution in [2.75, 3.05) is 13.7 Å². The van der Waals surface area contributed by atoms with Gasteiger partial charge in [0.25, 0.3) is 0 Å². The topological polar surface area (TPSA) is 86.0 Å². The second kappa shape index (κ2) is 10.8. The lowest BCUT2D eigenvalue weighted by molar-refractivity contribution is 0.101. The molecule has 0 saturated carbocycles. The average Bonchev–Trinajstić information content (AvgIpc) is 2.78. The van der Waals surface area contributed by atoms with Gasteiger partial charge in [0.15, 0.2) is 5.78 Å². The molecule has 0 saturated heterocycles. The minimum absolute atomic E-state index is 0.0797. The molecule has 0 atom stereocenters. The Hall–Kier alpha value is -3.09. The molecule has 2 heterocycles. The molecule has 0 fully saturated rings. The quantitative estimate of drug-likeness (QED) is 0.260. The van der Waals surface area contributed by atoms with Gasteiger partial charge in [-0.25, -0.2) is 0 Å². The van der Waals surface area contributed by atoms with Crippen molar-refractivity contribution in [3.63, 3.8) is 0 Å². The molecule has 1 aliphatic carbocycles. The lowest BCUT2D eigenvalue weighted by Crippen LogP contribution is -2.15. The molecule has 0 unspecified atom stereocenters. The van der Waals surface area contributed by atoms with Gasteiger partial charge < -0.3 is 9.68 Å². The molecule has 0 amide bonds. The van der Waals surface area contributed by atoms with Gasteiger partial charge in [0.2, 0.25) is 0 Å². The Kier molecular flexibility index (Phi) is 7.87. The number of rotatable bonds is 9. The number of nitrogens with zero attached hydrogens (tertiary/aromatic N) is 4. The van der Waals surface area contributed by atoms with Crippen LogP contribution in [0.5, 0.6) is 0 Å². The maximum atomic E-state index is 12.1. The molecule has 0 aliphatic heterocycles.